The van der Waals surface area contributed by atoms with Crippen molar-refractivity contribution in [3.8, 4) is 6.19 Å². The van der Waals surface area contributed by atoms with Crippen molar-refractivity contribution < 1.29 is 4.79 Å². The number of thiophene rings is 1. The first-order chi connectivity index (χ1) is 15.6. The second-order valence-electron chi connectivity index (χ2n) is 7.74. The van der Waals surface area contributed by atoms with Crippen molar-refractivity contribution in [1.82, 2.24) is 15.1 Å². The predicted octanol–water partition coefficient (Wildman–Crippen LogP) is 4.62. The fourth-order valence-electron chi connectivity index (χ4n) is 3.90. The molecule has 0 aliphatic carbocycles. The van der Waals surface area contributed by atoms with Crippen molar-refractivity contribution in [2.24, 2.45) is 4.99 Å². The third kappa shape index (κ3) is 4.66. The number of nitriles is 1. The van der Waals surface area contributed by atoms with Gasteiger partial charge in [-0.3, -0.25) is 10.1 Å². The van der Waals surface area contributed by atoms with Crippen molar-refractivity contribution in [3.63, 3.8) is 0 Å². The fourth-order valence-corrected chi connectivity index (χ4v) is 4.72. The van der Waals surface area contributed by atoms with Gasteiger partial charge in [0.05, 0.1) is 16.6 Å². The Kier molecular flexibility index (Phi) is 6.52. The Morgan fingerprint density at radius 3 is 2.50 bits per heavy atom. The summed E-state index contributed by atoms with van der Waals surface area (Å²) < 4.78 is 0. The molecule has 0 bridgehead atoms. The van der Waals surface area contributed by atoms with Gasteiger partial charge in [-0.1, -0.05) is 48.5 Å². The number of carbonyl (C=O) groups is 1. The number of rotatable bonds is 3. The van der Waals surface area contributed by atoms with Crippen LogP contribution in [0.3, 0.4) is 0 Å². The maximum atomic E-state index is 13.4. The molecule has 1 amide bonds. The third-order valence-electron chi connectivity index (χ3n) is 5.59. The molecule has 1 saturated heterocycles. The fraction of sp³-hybridized carbons (Fsp3) is 0.240. The van der Waals surface area contributed by atoms with Crippen LogP contribution in [0.15, 0.2) is 71.7 Å². The Morgan fingerprint density at radius 1 is 1.06 bits per heavy atom. The summed E-state index contributed by atoms with van der Waals surface area (Å²) in [6.45, 7) is 5.67. The Morgan fingerprint density at radius 2 is 1.81 bits per heavy atom. The first-order valence-electron chi connectivity index (χ1n) is 10.5. The van der Waals surface area contributed by atoms with Crippen molar-refractivity contribution in [2.45, 2.75) is 19.9 Å². The molecular formula is C25H25N5OS. The molecule has 1 unspecified atom stereocenters. The van der Waals surface area contributed by atoms with Crippen LogP contribution in [-0.4, -0.2) is 41.3 Å². The van der Waals surface area contributed by atoms with Crippen LogP contribution >= 0.6 is 11.3 Å². The number of hydrogen-bond acceptors (Lipinski definition) is 4. The summed E-state index contributed by atoms with van der Waals surface area (Å²) in [4.78, 5) is 24.0. The molecular weight excluding hydrogens is 418 g/mol. The molecule has 1 atom stereocenters. The summed E-state index contributed by atoms with van der Waals surface area (Å²) >= 11 is 1.52. The van der Waals surface area contributed by atoms with E-state index in [1.165, 1.54) is 11.3 Å². The Hall–Kier alpha value is -3.63. The number of hydrogen-bond donors (Lipinski definition) is 1. The highest BCUT2D eigenvalue weighted by Gasteiger charge is 2.34. The van der Waals surface area contributed by atoms with Gasteiger partial charge in [-0.2, -0.15) is 5.26 Å². The second kappa shape index (κ2) is 9.67. The average molecular weight is 444 g/mol. The highest BCUT2D eigenvalue weighted by molar-refractivity contribution is 7.13. The summed E-state index contributed by atoms with van der Waals surface area (Å²) in [5.41, 5.74) is 2.91. The van der Waals surface area contributed by atoms with Gasteiger partial charge < -0.3 is 9.80 Å². The van der Waals surface area contributed by atoms with Crippen LogP contribution in [0.5, 0.6) is 0 Å². The summed E-state index contributed by atoms with van der Waals surface area (Å²) in [5, 5.41) is 12.1. The summed E-state index contributed by atoms with van der Waals surface area (Å²) in [5.74, 6) is 0.545. The number of nitrogens with one attached hydrogen (secondary N) is 1. The molecule has 4 rings (SSSR count). The minimum Gasteiger partial charge on any atom is -0.338 e. The molecule has 0 spiro atoms. The molecule has 2 heterocycles. The normalized spacial score (nSPS) is 16.5. The molecule has 32 heavy (non-hydrogen) atoms. The number of aryl methyl sites for hydroxylation is 2. The van der Waals surface area contributed by atoms with Crippen molar-refractivity contribution in [3.05, 3.63) is 87.6 Å². The van der Waals surface area contributed by atoms with E-state index in [1.807, 2.05) is 91.7 Å². The molecule has 1 N–H and O–H groups in total. The van der Waals surface area contributed by atoms with Crippen LogP contribution < -0.4 is 5.32 Å². The Labute approximate surface area is 192 Å². The van der Waals surface area contributed by atoms with Gasteiger partial charge in [-0.05, 0) is 43.2 Å². The van der Waals surface area contributed by atoms with Crippen LogP contribution in [0.2, 0.25) is 0 Å². The van der Waals surface area contributed by atoms with E-state index in [-0.39, 0.29) is 11.9 Å². The first kappa shape index (κ1) is 21.6. The topological polar surface area (TPSA) is 71.7 Å². The molecule has 162 valence electrons. The van der Waals surface area contributed by atoms with E-state index in [2.05, 4.69) is 10.2 Å². The maximum Gasteiger partial charge on any atom is 0.264 e. The molecule has 0 radical (unpaired) electrons. The van der Waals surface area contributed by atoms with Gasteiger partial charge in [0.15, 0.2) is 6.19 Å². The molecule has 0 saturated carbocycles. The highest BCUT2D eigenvalue weighted by Crippen LogP contribution is 2.29. The molecule has 6 nitrogen and oxygen atoms in total. The van der Waals surface area contributed by atoms with Gasteiger partial charge in [0.2, 0.25) is 5.96 Å². The SMILES string of the molecule is Cc1ccc(C(=O)N2CCN(C(=Nc3ccccc3C)NC#N)CC2c2ccccc2)s1. The molecule has 1 aromatic heterocycles. The second-order valence-corrected chi connectivity index (χ2v) is 9.03. The van der Waals surface area contributed by atoms with Crippen LogP contribution in [0, 0.1) is 25.3 Å². The van der Waals surface area contributed by atoms with E-state index in [9.17, 15) is 10.1 Å². The lowest BCUT2D eigenvalue weighted by Crippen LogP contribution is -2.54. The Balaban J connectivity index is 1.66. The van der Waals surface area contributed by atoms with E-state index in [1.54, 1.807) is 0 Å². The number of benzene rings is 2. The zero-order valence-corrected chi connectivity index (χ0v) is 19.0. The smallest absolute Gasteiger partial charge is 0.264 e. The molecule has 7 heteroatoms. The number of aliphatic imine (C=N–C) groups is 1. The van der Waals surface area contributed by atoms with E-state index in [0.29, 0.717) is 25.6 Å². The monoisotopic (exact) mass is 443 g/mol. The molecule has 1 aliphatic heterocycles. The van der Waals surface area contributed by atoms with E-state index >= 15 is 0 Å². The van der Waals surface area contributed by atoms with Crippen LogP contribution in [0.25, 0.3) is 0 Å². The number of nitrogens with zero attached hydrogens (tertiary/aromatic N) is 4. The molecule has 1 fully saturated rings. The summed E-state index contributed by atoms with van der Waals surface area (Å²) in [7, 11) is 0. The lowest BCUT2D eigenvalue weighted by atomic mass is 10.0. The number of amides is 1. The summed E-state index contributed by atoms with van der Waals surface area (Å²) in [6, 6.07) is 21.6. The standard InChI is InChI=1S/C25H25N5OS/c1-18-8-6-7-11-21(18)28-25(27-17-26)29-14-15-30(24(31)23-13-12-19(2)32-23)22(16-29)20-9-4-3-5-10-20/h3-13,22H,14-16H2,1-2H3,(H,27,28). The van der Waals surface area contributed by atoms with Crippen LogP contribution in [0.1, 0.15) is 31.7 Å². The van der Waals surface area contributed by atoms with Crippen molar-refractivity contribution in [2.75, 3.05) is 19.6 Å². The number of para-hydroxylation sites is 1. The van der Waals surface area contributed by atoms with Gasteiger partial charge in [-0.25, -0.2) is 4.99 Å². The van der Waals surface area contributed by atoms with Gasteiger partial charge >= 0.3 is 0 Å². The minimum atomic E-state index is -0.151. The number of guanidine groups is 1. The van der Waals surface area contributed by atoms with Gasteiger partial charge in [0.1, 0.15) is 0 Å². The zero-order chi connectivity index (χ0) is 22.5. The van der Waals surface area contributed by atoms with Crippen molar-refractivity contribution in [1.29, 1.82) is 5.26 Å². The number of piperazine rings is 1. The lowest BCUT2D eigenvalue weighted by Gasteiger charge is -2.42. The van der Waals surface area contributed by atoms with Gasteiger partial charge in [0.25, 0.3) is 5.91 Å². The third-order valence-corrected chi connectivity index (χ3v) is 6.57. The Bertz CT molecular complexity index is 1160. The average Bonchev–Trinajstić information content (AvgIpc) is 3.26. The minimum absolute atomic E-state index is 0.0437. The van der Waals surface area contributed by atoms with Crippen molar-refractivity contribution >= 4 is 28.9 Å². The number of carbonyl (C=O) groups excluding carboxylic acids is 1. The zero-order valence-electron chi connectivity index (χ0n) is 18.2. The van der Waals surface area contributed by atoms with E-state index in [4.69, 9.17) is 4.99 Å². The van der Waals surface area contributed by atoms with Crippen LogP contribution in [-0.2, 0) is 0 Å². The van der Waals surface area contributed by atoms with E-state index < -0.39 is 0 Å². The van der Waals surface area contributed by atoms with E-state index in [0.717, 1.165) is 26.6 Å². The molecule has 3 aromatic rings. The maximum absolute atomic E-state index is 13.4. The quantitative estimate of drug-likeness (QED) is 0.277. The van der Waals surface area contributed by atoms with Crippen LogP contribution in [0.4, 0.5) is 5.69 Å². The predicted molar refractivity (Wildman–Crippen MR) is 128 cm³/mol. The highest BCUT2D eigenvalue weighted by atomic mass is 32.1. The lowest BCUT2D eigenvalue weighted by molar-refractivity contribution is 0.0552. The summed E-state index contributed by atoms with van der Waals surface area (Å²) in [6.07, 6.45) is 2.02. The first-order valence-corrected chi connectivity index (χ1v) is 11.3. The molecule has 1 aliphatic rings. The molecule has 2 aromatic carbocycles. The largest absolute Gasteiger partial charge is 0.338 e. The van der Waals surface area contributed by atoms with Gasteiger partial charge in [0, 0.05) is 24.5 Å². The van der Waals surface area contributed by atoms with Gasteiger partial charge in [-0.15, -0.1) is 11.3 Å².